The van der Waals surface area contributed by atoms with Gasteiger partial charge in [-0.05, 0) is 38.2 Å². The van der Waals surface area contributed by atoms with Crippen LogP contribution in [0.15, 0.2) is 170 Å². The minimum atomic E-state index is -2.83. The average Bonchev–Trinajstić information content (AvgIpc) is 3.14. The molecule has 0 aliphatic carbocycles. The second kappa shape index (κ2) is 15.2. The zero-order valence-corrected chi connectivity index (χ0v) is 29.6. The Morgan fingerprint density at radius 1 is 0.562 bits per heavy atom. The van der Waals surface area contributed by atoms with Crippen LogP contribution in [0.3, 0.4) is 0 Å². The molecule has 0 saturated heterocycles. The van der Waals surface area contributed by atoms with Crippen LogP contribution in [-0.4, -0.2) is 36.7 Å². The van der Waals surface area contributed by atoms with Gasteiger partial charge in [0, 0.05) is 18.1 Å². The molecule has 5 aromatic carbocycles. The average molecular weight is 667 g/mol. The molecule has 0 saturated carbocycles. The molecule has 0 spiro atoms. The number of benzene rings is 5. The molecule has 0 radical (unpaired) electrons. The molecule has 4 nitrogen and oxygen atoms in total. The Kier molecular flexibility index (Phi) is 10.6. The Bertz CT molecular complexity index is 1690. The van der Waals surface area contributed by atoms with E-state index in [1.807, 2.05) is 11.8 Å². The van der Waals surface area contributed by atoms with Crippen LogP contribution >= 0.6 is 11.8 Å². The Hall–Kier alpha value is -4.49. The zero-order chi connectivity index (χ0) is 33.3. The van der Waals surface area contributed by atoms with Gasteiger partial charge in [0.05, 0.1) is 11.4 Å². The fraction of sp³-hybridized carbons (Fsp3) is 0.190. The molecule has 0 fully saturated rings. The van der Waals surface area contributed by atoms with Gasteiger partial charge in [-0.2, -0.15) is 0 Å². The van der Waals surface area contributed by atoms with Gasteiger partial charge in [-0.15, -0.1) is 11.8 Å². The van der Waals surface area contributed by atoms with E-state index < -0.39 is 13.1 Å². The summed E-state index contributed by atoms with van der Waals surface area (Å²) >= 11 is 1.86. The van der Waals surface area contributed by atoms with E-state index in [9.17, 15) is 0 Å². The van der Waals surface area contributed by atoms with Crippen LogP contribution in [-0.2, 0) is 9.17 Å². The highest BCUT2D eigenvalue weighted by Crippen LogP contribution is 2.49. The van der Waals surface area contributed by atoms with Crippen LogP contribution < -0.4 is 15.1 Å². The number of thioether (sulfide) groups is 1. The van der Waals surface area contributed by atoms with Crippen molar-refractivity contribution in [3.05, 3.63) is 187 Å². The van der Waals surface area contributed by atoms with E-state index in [0.29, 0.717) is 18.4 Å². The van der Waals surface area contributed by atoms with Crippen molar-refractivity contribution in [2.24, 2.45) is 0 Å². The molecule has 1 heterocycles. The van der Waals surface area contributed by atoms with Gasteiger partial charge >= 0.3 is 6.01 Å². The predicted octanol–water partition coefficient (Wildman–Crippen LogP) is 8.53. The first kappa shape index (κ1) is 33.4. The van der Waals surface area contributed by atoms with Gasteiger partial charge in [0.2, 0.25) is 0 Å². The van der Waals surface area contributed by atoms with Crippen molar-refractivity contribution in [3.8, 4) is 6.01 Å². The highest BCUT2D eigenvalue weighted by Gasteiger charge is 2.50. The Balaban J connectivity index is 1.43. The molecular formula is C42H42N2O2SSi. The maximum absolute atomic E-state index is 7.43. The number of aromatic nitrogens is 2. The van der Waals surface area contributed by atoms with E-state index in [-0.39, 0.29) is 11.1 Å². The predicted molar refractivity (Wildman–Crippen MR) is 202 cm³/mol. The van der Waals surface area contributed by atoms with Crippen LogP contribution in [0, 0.1) is 0 Å². The quantitative estimate of drug-likeness (QED) is 0.0914. The summed E-state index contributed by atoms with van der Waals surface area (Å²) in [4.78, 5) is 8.92. The Morgan fingerprint density at radius 3 is 1.35 bits per heavy atom. The third-order valence-corrected chi connectivity index (χ3v) is 15.4. The molecule has 0 aliphatic heterocycles. The van der Waals surface area contributed by atoms with E-state index in [1.165, 1.54) is 27.1 Å². The van der Waals surface area contributed by atoms with Crippen molar-refractivity contribution in [1.82, 2.24) is 9.97 Å². The van der Waals surface area contributed by atoms with Crippen LogP contribution in [0.4, 0.5) is 0 Å². The lowest BCUT2D eigenvalue weighted by atomic mass is 9.84. The van der Waals surface area contributed by atoms with Gasteiger partial charge in [-0.25, -0.2) is 9.97 Å². The van der Waals surface area contributed by atoms with Crippen molar-refractivity contribution in [1.29, 1.82) is 0 Å². The number of nitrogens with zero attached hydrogens (tertiary/aromatic N) is 2. The number of hydrogen-bond donors (Lipinski definition) is 0. The normalized spacial score (nSPS) is 12.7. The van der Waals surface area contributed by atoms with Gasteiger partial charge in [0.15, 0.2) is 0 Å². The molecular weight excluding hydrogens is 625 g/mol. The summed E-state index contributed by atoms with van der Waals surface area (Å²) in [5.41, 5.74) is 3.61. The third kappa shape index (κ3) is 7.02. The van der Waals surface area contributed by atoms with E-state index >= 15 is 0 Å². The lowest BCUT2D eigenvalue weighted by Crippen LogP contribution is -2.67. The molecule has 6 heteroatoms. The highest BCUT2D eigenvalue weighted by atomic mass is 32.2. The Labute approximate surface area is 290 Å². The van der Waals surface area contributed by atoms with Gasteiger partial charge in [0.25, 0.3) is 8.32 Å². The first-order valence-electron chi connectivity index (χ1n) is 16.4. The standard InChI is InChI=1S/C42H42N2O2SSi/c1-41(2,3)48(38-26-15-7-16-27-38,39-28-17-8-18-29-39)45-32-37(46-40-43-30-19-31-44-40)33-47-42(34-20-9-4-10-21-34,35-22-11-5-12-23-35)36-24-13-6-14-25-36/h4-31,37H,32-33H2,1-3H3/t37-/m0/s1. The molecule has 0 bridgehead atoms. The maximum Gasteiger partial charge on any atom is 0.316 e. The number of hydrogen-bond acceptors (Lipinski definition) is 5. The highest BCUT2D eigenvalue weighted by molar-refractivity contribution is 8.00. The summed E-state index contributed by atoms with van der Waals surface area (Å²) in [6.07, 6.45) is 3.09. The first-order valence-corrected chi connectivity index (χ1v) is 19.3. The summed E-state index contributed by atoms with van der Waals surface area (Å²) in [6, 6.07) is 55.9. The van der Waals surface area contributed by atoms with Gasteiger partial charge in [0.1, 0.15) is 6.10 Å². The number of rotatable bonds is 13. The molecule has 0 aliphatic rings. The topological polar surface area (TPSA) is 44.2 Å². The molecule has 1 aromatic heterocycles. The minimum absolute atomic E-state index is 0.168. The SMILES string of the molecule is CC(C)(C)[Si](OC[C@@H](CSC(c1ccccc1)(c1ccccc1)c1ccccc1)Oc1ncccn1)(c1ccccc1)c1ccccc1. The van der Waals surface area contributed by atoms with Crippen molar-refractivity contribution in [2.45, 2.75) is 36.7 Å². The largest absolute Gasteiger partial charge is 0.457 e. The second-order valence-corrected chi connectivity index (χ2v) is 18.4. The third-order valence-electron chi connectivity index (χ3n) is 8.74. The summed E-state index contributed by atoms with van der Waals surface area (Å²) in [6.45, 7) is 7.27. The summed E-state index contributed by atoms with van der Waals surface area (Å²) < 4.78 is 13.6. The fourth-order valence-electron chi connectivity index (χ4n) is 6.58. The molecule has 0 unspecified atom stereocenters. The number of ether oxygens (including phenoxy) is 1. The van der Waals surface area contributed by atoms with Crippen LogP contribution in [0.25, 0.3) is 0 Å². The Morgan fingerprint density at radius 2 is 0.958 bits per heavy atom. The molecule has 48 heavy (non-hydrogen) atoms. The van der Waals surface area contributed by atoms with E-state index in [0.717, 1.165) is 0 Å². The van der Waals surface area contributed by atoms with Crippen LogP contribution in [0.2, 0.25) is 5.04 Å². The van der Waals surface area contributed by atoms with Crippen molar-refractivity contribution in [2.75, 3.05) is 12.4 Å². The summed E-state index contributed by atoms with van der Waals surface area (Å²) in [7, 11) is -2.83. The maximum atomic E-state index is 7.43. The van der Waals surface area contributed by atoms with Crippen molar-refractivity contribution < 1.29 is 9.16 Å². The first-order chi connectivity index (χ1) is 23.4. The molecule has 6 aromatic rings. The van der Waals surface area contributed by atoms with Crippen molar-refractivity contribution in [3.63, 3.8) is 0 Å². The molecule has 0 amide bonds. The molecule has 1 atom stereocenters. The van der Waals surface area contributed by atoms with Crippen molar-refractivity contribution >= 4 is 30.5 Å². The molecule has 6 rings (SSSR count). The van der Waals surface area contributed by atoms with E-state index in [1.54, 1.807) is 18.5 Å². The monoisotopic (exact) mass is 666 g/mol. The molecule has 0 N–H and O–H groups in total. The second-order valence-electron chi connectivity index (χ2n) is 12.8. The van der Waals surface area contributed by atoms with Gasteiger partial charge in [-0.1, -0.05) is 172 Å². The fourth-order valence-corrected chi connectivity index (χ4v) is 12.7. The van der Waals surface area contributed by atoms with Crippen LogP contribution in [0.5, 0.6) is 6.01 Å². The van der Waals surface area contributed by atoms with Gasteiger partial charge in [-0.3, -0.25) is 0 Å². The summed E-state index contributed by atoms with van der Waals surface area (Å²) in [5.74, 6) is 0.620. The zero-order valence-electron chi connectivity index (χ0n) is 27.8. The molecule has 242 valence electrons. The van der Waals surface area contributed by atoms with E-state index in [2.05, 4.69) is 182 Å². The lowest BCUT2D eigenvalue weighted by molar-refractivity contribution is 0.130. The van der Waals surface area contributed by atoms with Gasteiger partial charge < -0.3 is 9.16 Å². The smallest absolute Gasteiger partial charge is 0.316 e. The summed E-state index contributed by atoms with van der Waals surface area (Å²) in [5, 5.41) is 2.30. The minimum Gasteiger partial charge on any atom is -0.457 e. The lowest BCUT2D eigenvalue weighted by Gasteiger charge is -2.43. The van der Waals surface area contributed by atoms with E-state index in [4.69, 9.17) is 9.16 Å². The van der Waals surface area contributed by atoms with Crippen LogP contribution in [0.1, 0.15) is 37.5 Å².